The van der Waals surface area contributed by atoms with E-state index in [2.05, 4.69) is 15.4 Å². The lowest BCUT2D eigenvalue weighted by molar-refractivity contribution is -0.122. The number of hydrogen-bond acceptors (Lipinski definition) is 4. The Bertz CT molecular complexity index is 1140. The van der Waals surface area contributed by atoms with Crippen molar-refractivity contribution in [2.45, 2.75) is 32.1 Å². The number of anilines is 1. The molecular formula is C21H21N5O2. The molecule has 5 rings (SSSR count). The molecule has 1 saturated heterocycles. The number of nitrogens with one attached hydrogen (secondary N) is 1. The van der Waals surface area contributed by atoms with Gasteiger partial charge in [0.05, 0.1) is 5.41 Å². The highest BCUT2D eigenvalue weighted by Crippen LogP contribution is 2.43. The second-order valence-electron chi connectivity index (χ2n) is 7.75. The van der Waals surface area contributed by atoms with E-state index in [1.807, 2.05) is 44.2 Å². The highest BCUT2D eigenvalue weighted by Gasteiger charge is 2.50. The first-order valence-corrected chi connectivity index (χ1v) is 9.52. The zero-order valence-electron chi connectivity index (χ0n) is 15.9. The van der Waals surface area contributed by atoms with Gasteiger partial charge in [-0.3, -0.25) is 9.59 Å². The van der Waals surface area contributed by atoms with Gasteiger partial charge in [-0.15, -0.1) is 0 Å². The first-order chi connectivity index (χ1) is 13.5. The average Bonchev–Trinajstić information content (AvgIpc) is 3.22. The molecule has 0 bridgehead atoms. The summed E-state index contributed by atoms with van der Waals surface area (Å²) < 4.78 is 1.69. The number of carbonyl (C=O) groups excluding carboxylic acids is 2. The average molecular weight is 375 g/mol. The number of hydrogen-bond donors (Lipinski definition) is 1. The van der Waals surface area contributed by atoms with E-state index in [4.69, 9.17) is 0 Å². The number of aryl methyl sites for hydroxylation is 2. The molecule has 1 atom stereocenters. The van der Waals surface area contributed by atoms with Crippen molar-refractivity contribution in [3.63, 3.8) is 0 Å². The van der Waals surface area contributed by atoms with Crippen molar-refractivity contribution >= 4 is 23.1 Å². The van der Waals surface area contributed by atoms with E-state index < -0.39 is 5.41 Å². The summed E-state index contributed by atoms with van der Waals surface area (Å²) in [5, 5.41) is 7.45. The predicted octanol–water partition coefficient (Wildman–Crippen LogP) is 2.47. The lowest BCUT2D eigenvalue weighted by Crippen LogP contribution is -2.52. The third-order valence-corrected chi connectivity index (χ3v) is 5.86. The maximum Gasteiger partial charge on any atom is 0.274 e. The minimum absolute atomic E-state index is 0.0191. The maximum absolute atomic E-state index is 13.2. The SMILES string of the molecule is Cc1cc(C)n2nc(C(=O)N3CCCC4(C3)C(=O)Nc3ccccc34)cc2n1. The Hall–Kier alpha value is -3.22. The van der Waals surface area contributed by atoms with E-state index in [9.17, 15) is 9.59 Å². The molecule has 7 nitrogen and oxygen atoms in total. The number of para-hydroxylation sites is 1. The molecule has 1 aromatic carbocycles. The molecule has 2 amide bonds. The van der Waals surface area contributed by atoms with Crippen LogP contribution in [0.15, 0.2) is 36.4 Å². The maximum atomic E-state index is 13.2. The van der Waals surface area contributed by atoms with Crippen LogP contribution < -0.4 is 5.32 Å². The zero-order chi connectivity index (χ0) is 19.5. The monoisotopic (exact) mass is 375 g/mol. The van der Waals surface area contributed by atoms with Crippen molar-refractivity contribution < 1.29 is 9.59 Å². The Morgan fingerprint density at radius 2 is 2.04 bits per heavy atom. The largest absolute Gasteiger partial charge is 0.336 e. The van der Waals surface area contributed by atoms with Crippen molar-refractivity contribution in [1.82, 2.24) is 19.5 Å². The number of aromatic nitrogens is 3. The van der Waals surface area contributed by atoms with Crippen molar-refractivity contribution in [3.8, 4) is 0 Å². The van der Waals surface area contributed by atoms with Crippen LogP contribution >= 0.6 is 0 Å². The molecule has 142 valence electrons. The summed E-state index contributed by atoms with van der Waals surface area (Å²) in [5.41, 5.74) is 4.02. The van der Waals surface area contributed by atoms with Crippen LogP contribution in [0.2, 0.25) is 0 Å². The van der Waals surface area contributed by atoms with Crippen LogP contribution in [0.1, 0.15) is 40.3 Å². The second-order valence-corrected chi connectivity index (χ2v) is 7.75. The number of fused-ring (bicyclic) bond motifs is 3. The first kappa shape index (κ1) is 16.9. The summed E-state index contributed by atoms with van der Waals surface area (Å²) in [6, 6.07) is 11.4. The van der Waals surface area contributed by atoms with Crippen molar-refractivity contribution in [3.05, 3.63) is 59.0 Å². The molecule has 4 heterocycles. The van der Waals surface area contributed by atoms with E-state index in [0.29, 0.717) is 24.4 Å². The summed E-state index contributed by atoms with van der Waals surface area (Å²) >= 11 is 0. The van der Waals surface area contributed by atoms with Gasteiger partial charge < -0.3 is 10.2 Å². The van der Waals surface area contributed by atoms with Crippen molar-refractivity contribution in [2.75, 3.05) is 18.4 Å². The highest BCUT2D eigenvalue weighted by molar-refractivity contribution is 6.07. The normalized spacial score (nSPS) is 21.2. The van der Waals surface area contributed by atoms with Gasteiger partial charge in [0.2, 0.25) is 5.91 Å². The van der Waals surface area contributed by atoms with Gasteiger partial charge in [0, 0.05) is 36.2 Å². The zero-order valence-corrected chi connectivity index (χ0v) is 15.9. The molecule has 2 aliphatic heterocycles. The predicted molar refractivity (Wildman–Crippen MR) is 104 cm³/mol. The number of benzene rings is 1. The van der Waals surface area contributed by atoms with Crippen molar-refractivity contribution in [2.24, 2.45) is 0 Å². The molecule has 28 heavy (non-hydrogen) atoms. The molecule has 3 aromatic rings. The Kier molecular flexibility index (Phi) is 3.56. The first-order valence-electron chi connectivity index (χ1n) is 9.52. The topological polar surface area (TPSA) is 79.6 Å². The number of piperidine rings is 1. The second kappa shape index (κ2) is 5.89. The van der Waals surface area contributed by atoms with Gasteiger partial charge in [-0.25, -0.2) is 9.50 Å². The Morgan fingerprint density at radius 1 is 1.21 bits per heavy atom. The van der Waals surface area contributed by atoms with Crippen LogP contribution in [0.5, 0.6) is 0 Å². The molecule has 0 radical (unpaired) electrons. The van der Waals surface area contributed by atoms with Crippen LogP contribution in [-0.2, 0) is 10.2 Å². The lowest BCUT2D eigenvalue weighted by Gasteiger charge is -2.38. The minimum Gasteiger partial charge on any atom is -0.336 e. The van der Waals surface area contributed by atoms with E-state index in [0.717, 1.165) is 35.5 Å². The van der Waals surface area contributed by atoms with Crippen molar-refractivity contribution in [1.29, 1.82) is 0 Å². The van der Waals surface area contributed by atoms with E-state index in [1.165, 1.54) is 0 Å². The molecule has 7 heteroatoms. The van der Waals surface area contributed by atoms with Crippen LogP contribution in [0, 0.1) is 13.8 Å². The van der Waals surface area contributed by atoms with Gasteiger partial charge >= 0.3 is 0 Å². The molecule has 1 N–H and O–H groups in total. The number of nitrogens with zero attached hydrogens (tertiary/aromatic N) is 4. The van der Waals surface area contributed by atoms with Gasteiger partial charge in [-0.1, -0.05) is 18.2 Å². The van der Waals surface area contributed by atoms with Gasteiger partial charge in [0.15, 0.2) is 11.3 Å². The van der Waals surface area contributed by atoms with Gasteiger partial charge in [0.1, 0.15) is 0 Å². The van der Waals surface area contributed by atoms with E-state index in [-0.39, 0.29) is 11.8 Å². The molecule has 1 unspecified atom stereocenters. The fourth-order valence-corrected chi connectivity index (χ4v) is 4.56. The summed E-state index contributed by atoms with van der Waals surface area (Å²) in [6.07, 6.45) is 1.52. The molecule has 2 aromatic heterocycles. The quantitative estimate of drug-likeness (QED) is 0.709. The standard InChI is InChI=1S/C21H21N5O2/c1-13-10-14(2)26-18(22-13)11-17(24-26)19(27)25-9-5-8-21(12-25)15-6-3-4-7-16(15)23-20(21)28/h3-4,6-7,10-11H,5,8-9,12H2,1-2H3,(H,23,28). The third-order valence-electron chi connectivity index (χ3n) is 5.86. The van der Waals surface area contributed by atoms with Gasteiger partial charge in [-0.05, 0) is 44.4 Å². The van der Waals surface area contributed by atoms with E-state index in [1.54, 1.807) is 15.5 Å². The molecule has 1 spiro atoms. The fourth-order valence-electron chi connectivity index (χ4n) is 4.56. The van der Waals surface area contributed by atoms with Crippen LogP contribution in [0.3, 0.4) is 0 Å². The third kappa shape index (κ3) is 2.35. The summed E-state index contributed by atoms with van der Waals surface area (Å²) in [4.78, 5) is 32.3. The number of likely N-dealkylation sites (tertiary alicyclic amines) is 1. The number of rotatable bonds is 1. The van der Waals surface area contributed by atoms with Crippen LogP contribution in [0.4, 0.5) is 5.69 Å². The summed E-state index contributed by atoms with van der Waals surface area (Å²) in [6.45, 7) is 4.86. The van der Waals surface area contributed by atoms with E-state index >= 15 is 0 Å². The molecule has 1 fully saturated rings. The van der Waals surface area contributed by atoms with Crippen LogP contribution in [-0.4, -0.2) is 44.4 Å². The Morgan fingerprint density at radius 3 is 2.89 bits per heavy atom. The summed E-state index contributed by atoms with van der Waals surface area (Å²) in [5.74, 6) is -0.173. The molecule has 2 aliphatic rings. The summed E-state index contributed by atoms with van der Waals surface area (Å²) in [7, 11) is 0. The Labute approximate surface area is 162 Å². The highest BCUT2D eigenvalue weighted by atomic mass is 16.2. The van der Waals surface area contributed by atoms with Gasteiger partial charge in [0.25, 0.3) is 5.91 Å². The molecule has 0 saturated carbocycles. The van der Waals surface area contributed by atoms with Gasteiger partial charge in [-0.2, -0.15) is 5.10 Å². The lowest BCUT2D eigenvalue weighted by atomic mass is 9.75. The minimum atomic E-state index is -0.672. The molecule has 0 aliphatic carbocycles. The van der Waals surface area contributed by atoms with Crippen LogP contribution in [0.25, 0.3) is 5.65 Å². The molecular weight excluding hydrogens is 354 g/mol. The fraction of sp³-hybridized carbons (Fsp3) is 0.333. The smallest absolute Gasteiger partial charge is 0.274 e. The number of carbonyl (C=O) groups is 2. The number of amides is 2. The Balaban J connectivity index is 1.50.